The lowest BCUT2D eigenvalue weighted by atomic mass is 10.1. The Kier molecular flexibility index (Phi) is 9.95. The second-order valence-electron chi connectivity index (χ2n) is 7.80. The monoisotopic (exact) mass is 426 g/mol. The van der Waals surface area contributed by atoms with Gasteiger partial charge in [0.15, 0.2) is 0 Å². The fraction of sp³-hybridized carbons (Fsp3) is 0.440. The third kappa shape index (κ3) is 7.86. The van der Waals surface area contributed by atoms with Gasteiger partial charge in [-0.1, -0.05) is 67.1 Å². The van der Waals surface area contributed by atoms with Crippen LogP contribution >= 0.6 is 11.8 Å². The molecule has 5 heteroatoms. The van der Waals surface area contributed by atoms with Gasteiger partial charge in [-0.2, -0.15) is 0 Å². The molecule has 0 spiro atoms. The number of aryl methyl sites for hydroxylation is 1. The van der Waals surface area contributed by atoms with Crippen molar-refractivity contribution in [2.24, 2.45) is 0 Å². The van der Waals surface area contributed by atoms with Crippen LogP contribution in [0.1, 0.15) is 43.9 Å². The number of nitrogens with zero attached hydrogens (tertiary/aromatic N) is 1. The molecular formula is C25H34N2O2S. The summed E-state index contributed by atoms with van der Waals surface area (Å²) < 4.78 is 0. The molecule has 4 nitrogen and oxygen atoms in total. The summed E-state index contributed by atoms with van der Waals surface area (Å²) in [4.78, 5) is 27.5. The quantitative estimate of drug-likeness (QED) is 0.571. The smallest absolute Gasteiger partial charge is 0.242 e. The molecule has 0 saturated carbocycles. The molecule has 0 radical (unpaired) electrons. The van der Waals surface area contributed by atoms with Gasteiger partial charge in [0.1, 0.15) is 6.04 Å². The number of amides is 2. The average molecular weight is 427 g/mol. The van der Waals surface area contributed by atoms with E-state index < -0.39 is 6.04 Å². The summed E-state index contributed by atoms with van der Waals surface area (Å²) in [6.07, 6.45) is 1.60. The van der Waals surface area contributed by atoms with Crippen molar-refractivity contribution in [3.05, 3.63) is 71.3 Å². The molecule has 2 aromatic carbocycles. The highest BCUT2D eigenvalue weighted by Crippen LogP contribution is 2.16. The van der Waals surface area contributed by atoms with Crippen molar-refractivity contribution in [3.63, 3.8) is 0 Å². The van der Waals surface area contributed by atoms with Gasteiger partial charge in [0, 0.05) is 18.3 Å². The van der Waals surface area contributed by atoms with Crippen LogP contribution in [0.5, 0.6) is 0 Å². The van der Waals surface area contributed by atoms with Crippen molar-refractivity contribution in [3.8, 4) is 0 Å². The SMILES string of the molecule is CC[C@@H](C)NC(=O)[C@H](C)N(CCc1ccccc1)C(=O)CSCc1cccc(C)c1. The molecular weight excluding hydrogens is 392 g/mol. The minimum Gasteiger partial charge on any atom is -0.352 e. The third-order valence-corrected chi connectivity index (χ3v) is 6.22. The summed E-state index contributed by atoms with van der Waals surface area (Å²) in [6.45, 7) is 8.45. The molecule has 0 unspecified atom stereocenters. The number of carbonyl (C=O) groups is 2. The second kappa shape index (κ2) is 12.4. The molecule has 0 aromatic heterocycles. The highest BCUT2D eigenvalue weighted by molar-refractivity contribution is 7.99. The van der Waals surface area contributed by atoms with Gasteiger partial charge < -0.3 is 10.2 Å². The molecule has 0 saturated heterocycles. The molecule has 162 valence electrons. The van der Waals surface area contributed by atoms with E-state index in [9.17, 15) is 9.59 Å². The van der Waals surface area contributed by atoms with Crippen LogP contribution in [0.15, 0.2) is 54.6 Å². The summed E-state index contributed by atoms with van der Waals surface area (Å²) in [5.41, 5.74) is 3.60. The second-order valence-corrected chi connectivity index (χ2v) is 8.78. The van der Waals surface area contributed by atoms with Crippen LogP contribution in [-0.4, -0.2) is 41.1 Å². The van der Waals surface area contributed by atoms with E-state index >= 15 is 0 Å². The first kappa shape index (κ1) is 24.0. The molecule has 0 bridgehead atoms. The summed E-state index contributed by atoms with van der Waals surface area (Å²) in [7, 11) is 0. The zero-order valence-electron chi connectivity index (χ0n) is 18.6. The van der Waals surface area contributed by atoms with Gasteiger partial charge in [0.2, 0.25) is 11.8 Å². The maximum Gasteiger partial charge on any atom is 0.242 e. The zero-order chi connectivity index (χ0) is 21.9. The molecule has 0 aliphatic rings. The molecule has 0 aliphatic carbocycles. The van der Waals surface area contributed by atoms with Gasteiger partial charge in [0.25, 0.3) is 0 Å². The number of rotatable bonds is 11. The first-order chi connectivity index (χ1) is 14.4. The van der Waals surface area contributed by atoms with Crippen LogP contribution in [0.25, 0.3) is 0 Å². The molecule has 0 fully saturated rings. The first-order valence-electron chi connectivity index (χ1n) is 10.7. The van der Waals surface area contributed by atoms with Crippen molar-refractivity contribution in [1.29, 1.82) is 0 Å². The lowest BCUT2D eigenvalue weighted by Gasteiger charge is -2.29. The highest BCUT2D eigenvalue weighted by Gasteiger charge is 2.26. The van der Waals surface area contributed by atoms with Gasteiger partial charge in [-0.25, -0.2) is 0 Å². The predicted octanol–water partition coefficient (Wildman–Crippen LogP) is 4.60. The Morgan fingerprint density at radius 3 is 2.40 bits per heavy atom. The number of benzene rings is 2. The molecule has 2 amide bonds. The molecule has 0 heterocycles. The standard InChI is InChI=1S/C25H34N2O2S/c1-5-20(3)26-25(29)21(4)27(15-14-22-11-7-6-8-12-22)24(28)18-30-17-23-13-9-10-19(2)16-23/h6-13,16,20-21H,5,14-15,17-18H2,1-4H3,(H,26,29)/t20-,21+/m1/s1. The first-order valence-corrected chi connectivity index (χ1v) is 11.8. The summed E-state index contributed by atoms with van der Waals surface area (Å²) >= 11 is 1.60. The minimum atomic E-state index is -0.491. The van der Waals surface area contributed by atoms with Crippen molar-refractivity contribution in [2.45, 2.75) is 58.4 Å². The Labute approximate surface area is 185 Å². The van der Waals surface area contributed by atoms with Crippen LogP contribution in [0.4, 0.5) is 0 Å². The summed E-state index contributed by atoms with van der Waals surface area (Å²) in [5.74, 6) is 1.07. The van der Waals surface area contributed by atoms with Gasteiger partial charge in [-0.05, 0) is 44.7 Å². The van der Waals surface area contributed by atoms with E-state index in [1.54, 1.807) is 16.7 Å². The van der Waals surface area contributed by atoms with Crippen LogP contribution in [-0.2, 0) is 21.8 Å². The van der Waals surface area contributed by atoms with Gasteiger partial charge >= 0.3 is 0 Å². The van der Waals surface area contributed by atoms with Crippen LogP contribution in [0, 0.1) is 6.92 Å². The van der Waals surface area contributed by atoms with E-state index in [0.29, 0.717) is 12.3 Å². The number of hydrogen-bond donors (Lipinski definition) is 1. The normalized spacial score (nSPS) is 12.8. The molecule has 0 aliphatic heterocycles. The van der Waals surface area contributed by atoms with E-state index in [4.69, 9.17) is 0 Å². The van der Waals surface area contributed by atoms with Crippen molar-refractivity contribution >= 4 is 23.6 Å². The molecule has 30 heavy (non-hydrogen) atoms. The Bertz CT molecular complexity index is 810. The summed E-state index contributed by atoms with van der Waals surface area (Å²) in [6, 6.07) is 18.0. The lowest BCUT2D eigenvalue weighted by molar-refractivity contribution is -0.138. The maximum absolute atomic E-state index is 13.0. The zero-order valence-corrected chi connectivity index (χ0v) is 19.4. The minimum absolute atomic E-state index is 0.00962. The van der Waals surface area contributed by atoms with Gasteiger partial charge in [-0.15, -0.1) is 11.8 Å². The van der Waals surface area contributed by atoms with E-state index in [-0.39, 0.29) is 17.9 Å². The Hall–Kier alpha value is -2.27. The highest BCUT2D eigenvalue weighted by atomic mass is 32.2. The van der Waals surface area contributed by atoms with Crippen LogP contribution in [0.3, 0.4) is 0 Å². The summed E-state index contributed by atoms with van der Waals surface area (Å²) in [5, 5.41) is 3.01. The number of carbonyl (C=O) groups excluding carboxylic acids is 2. The molecule has 2 aromatic rings. The van der Waals surface area contributed by atoms with Crippen LogP contribution in [0.2, 0.25) is 0 Å². The third-order valence-electron chi connectivity index (χ3n) is 5.23. The van der Waals surface area contributed by atoms with E-state index in [2.05, 4.69) is 42.6 Å². The van der Waals surface area contributed by atoms with Crippen molar-refractivity contribution < 1.29 is 9.59 Å². The molecule has 2 rings (SSSR count). The molecule has 1 N–H and O–H groups in total. The van der Waals surface area contributed by atoms with Gasteiger partial charge in [-0.3, -0.25) is 9.59 Å². The topological polar surface area (TPSA) is 49.4 Å². The number of nitrogens with one attached hydrogen (secondary N) is 1. The largest absolute Gasteiger partial charge is 0.352 e. The molecule has 2 atom stereocenters. The van der Waals surface area contributed by atoms with E-state index in [1.165, 1.54) is 11.1 Å². The van der Waals surface area contributed by atoms with Crippen molar-refractivity contribution in [1.82, 2.24) is 10.2 Å². The number of thioether (sulfide) groups is 1. The Morgan fingerprint density at radius 1 is 1.03 bits per heavy atom. The Balaban J connectivity index is 2.00. The Morgan fingerprint density at radius 2 is 1.73 bits per heavy atom. The average Bonchev–Trinajstić information content (AvgIpc) is 2.74. The van der Waals surface area contributed by atoms with Crippen LogP contribution < -0.4 is 5.32 Å². The van der Waals surface area contributed by atoms with E-state index in [1.807, 2.05) is 45.0 Å². The fourth-order valence-electron chi connectivity index (χ4n) is 3.18. The fourth-order valence-corrected chi connectivity index (χ4v) is 4.03. The van der Waals surface area contributed by atoms with E-state index in [0.717, 1.165) is 24.2 Å². The predicted molar refractivity (Wildman–Crippen MR) is 127 cm³/mol. The number of hydrogen-bond acceptors (Lipinski definition) is 3. The van der Waals surface area contributed by atoms with Gasteiger partial charge in [0.05, 0.1) is 5.75 Å². The lowest BCUT2D eigenvalue weighted by Crippen LogP contribution is -2.51. The van der Waals surface area contributed by atoms with Crippen molar-refractivity contribution in [2.75, 3.05) is 12.3 Å². The maximum atomic E-state index is 13.0.